The molecular weight excluding hydrogens is 400 g/mol. The number of nitrogens with zero attached hydrogens (tertiary/aromatic N) is 3. The van der Waals surface area contributed by atoms with Gasteiger partial charge in [-0.2, -0.15) is 0 Å². The van der Waals surface area contributed by atoms with Crippen molar-refractivity contribution < 1.29 is 21.6 Å². The highest BCUT2D eigenvalue weighted by Gasteiger charge is 2.32. The second kappa shape index (κ2) is 8.00. The van der Waals surface area contributed by atoms with Gasteiger partial charge in [-0.3, -0.25) is 0 Å². The minimum Gasteiger partial charge on any atom is -0.420 e. The zero-order valence-electron chi connectivity index (χ0n) is 15.5. The van der Waals surface area contributed by atoms with E-state index in [2.05, 4.69) is 10.2 Å². The lowest BCUT2D eigenvalue weighted by Gasteiger charge is -2.30. The van der Waals surface area contributed by atoms with Crippen LogP contribution in [0, 0.1) is 11.6 Å². The maximum absolute atomic E-state index is 13.1. The molecule has 1 unspecified atom stereocenters. The number of benzene rings is 2. The van der Waals surface area contributed by atoms with Crippen LogP contribution in [-0.4, -0.2) is 36.0 Å². The molecule has 1 atom stereocenters. The van der Waals surface area contributed by atoms with Crippen molar-refractivity contribution in [3.05, 3.63) is 71.6 Å². The van der Waals surface area contributed by atoms with Crippen LogP contribution in [0.5, 0.6) is 0 Å². The Morgan fingerprint density at radius 1 is 1.00 bits per heavy atom. The average Bonchev–Trinajstić information content (AvgIpc) is 3.21. The van der Waals surface area contributed by atoms with Crippen LogP contribution in [0.2, 0.25) is 0 Å². The van der Waals surface area contributed by atoms with Gasteiger partial charge in [0.1, 0.15) is 11.6 Å². The Morgan fingerprint density at radius 2 is 1.66 bits per heavy atom. The SMILES string of the molecule is O=S(=O)(Cc1ccc(F)cc1)N1CCCC(c2nnc(-c3ccc(F)cc3)o2)C1. The van der Waals surface area contributed by atoms with Crippen molar-refractivity contribution in [1.82, 2.24) is 14.5 Å². The number of hydrogen-bond donors (Lipinski definition) is 0. The van der Waals surface area contributed by atoms with E-state index in [1.165, 1.54) is 40.7 Å². The van der Waals surface area contributed by atoms with Crippen LogP contribution in [0.3, 0.4) is 0 Å². The van der Waals surface area contributed by atoms with Crippen LogP contribution >= 0.6 is 0 Å². The van der Waals surface area contributed by atoms with Gasteiger partial charge in [0.2, 0.25) is 21.8 Å². The van der Waals surface area contributed by atoms with E-state index in [1.807, 2.05) is 0 Å². The van der Waals surface area contributed by atoms with Crippen LogP contribution in [-0.2, 0) is 15.8 Å². The first-order valence-electron chi connectivity index (χ1n) is 9.22. The fourth-order valence-corrected chi connectivity index (χ4v) is 5.00. The number of aromatic nitrogens is 2. The van der Waals surface area contributed by atoms with Crippen molar-refractivity contribution in [2.24, 2.45) is 0 Å². The van der Waals surface area contributed by atoms with Gasteiger partial charge in [0.05, 0.1) is 11.7 Å². The topological polar surface area (TPSA) is 76.3 Å². The summed E-state index contributed by atoms with van der Waals surface area (Å²) in [6, 6.07) is 11.2. The molecule has 1 fully saturated rings. The van der Waals surface area contributed by atoms with E-state index in [4.69, 9.17) is 4.42 Å². The first kappa shape index (κ1) is 19.7. The average molecular weight is 419 g/mol. The summed E-state index contributed by atoms with van der Waals surface area (Å²) in [5, 5.41) is 8.09. The zero-order chi connectivity index (χ0) is 20.4. The lowest BCUT2D eigenvalue weighted by Crippen LogP contribution is -2.39. The highest BCUT2D eigenvalue weighted by molar-refractivity contribution is 7.88. The van der Waals surface area contributed by atoms with E-state index >= 15 is 0 Å². The molecule has 1 saturated heterocycles. The summed E-state index contributed by atoms with van der Waals surface area (Å²) in [6.07, 6.45) is 1.40. The van der Waals surface area contributed by atoms with Crippen LogP contribution in [0.4, 0.5) is 8.78 Å². The van der Waals surface area contributed by atoms with Gasteiger partial charge in [0.25, 0.3) is 0 Å². The molecule has 0 saturated carbocycles. The molecule has 29 heavy (non-hydrogen) atoms. The molecule has 152 valence electrons. The number of sulfonamides is 1. The highest BCUT2D eigenvalue weighted by Crippen LogP contribution is 2.30. The lowest BCUT2D eigenvalue weighted by molar-refractivity contribution is 0.286. The van der Waals surface area contributed by atoms with Crippen molar-refractivity contribution in [3.63, 3.8) is 0 Å². The molecule has 1 aromatic heterocycles. The van der Waals surface area contributed by atoms with Crippen molar-refractivity contribution >= 4 is 10.0 Å². The van der Waals surface area contributed by atoms with E-state index in [9.17, 15) is 17.2 Å². The molecule has 4 rings (SSSR count). The molecule has 2 aromatic carbocycles. The Balaban J connectivity index is 1.48. The summed E-state index contributed by atoms with van der Waals surface area (Å²) in [5.41, 5.74) is 1.13. The lowest BCUT2D eigenvalue weighted by atomic mass is 10.00. The Bertz CT molecular complexity index is 1080. The van der Waals surface area contributed by atoms with Crippen molar-refractivity contribution in [2.75, 3.05) is 13.1 Å². The first-order valence-corrected chi connectivity index (χ1v) is 10.8. The standard InChI is InChI=1S/C20H19F2N3O3S/c21-17-7-3-14(4-8-17)13-29(26,27)25-11-1-2-16(12-25)20-24-23-19(28-20)15-5-9-18(22)10-6-15/h3-10,16H,1-2,11-13H2. The molecule has 2 heterocycles. The summed E-state index contributed by atoms with van der Waals surface area (Å²) >= 11 is 0. The molecule has 0 aliphatic carbocycles. The minimum atomic E-state index is -3.56. The van der Waals surface area contributed by atoms with Crippen molar-refractivity contribution in [1.29, 1.82) is 0 Å². The fourth-order valence-electron chi connectivity index (χ4n) is 3.39. The third-order valence-corrected chi connectivity index (χ3v) is 6.74. The molecule has 0 radical (unpaired) electrons. The van der Waals surface area contributed by atoms with Crippen LogP contribution in [0.25, 0.3) is 11.5 Å². The largest absolute Gasteiger partial charge is 0.420 e. The third kappa shape index (κ3) is 4.51. The van der Waals surface area contributed by atoms with Crippen LogP contribution in [0.1, 0.15) is 30.2 Å². The van der Waals surface area contributed by atoms with Gasteiger partial charge in [-0.05, 0) is 54.8 Å². The summed E-state index contributed by atoms with van der Waals surface area (Å²) in [5.74, 6) is -0.531. The number of rotatable bonds is 5. The number of halogens is 2. The Morgan fingerprint density at radius 3 is 2.34 bits per heavy atom. The Kier molecular flexibility index (Phi) is 5.42. The van der Waals surface area contributed by atoms with E-state index in [0.717, 1.165) is 6.42 Å². The van der Waals surface area contributed by atoms with E-state index in [1.54, 1.807) is 12.1 Å². The first-order chi connectivity index (χ1) is 13.9. The number of piperidine rings is 1. The number of hydrogen-bond acceptors (Lipinski definition) is 5. The van der Waals surface area contributed by atoms with Gasteiger partial charge in [-0.25, -0.2) is 21.5 Å². The molecule has 9 heteroatoms. The maximum atomic E-state index is 13.1. The molecule has 1 aliphatic rings. The van der Waals surface area contributed by atoms with Gasteiger partial charge in [0.15, 0.2) is 0 Å². The smallest absolute Gasteiger partial charge is 0.247 e. The van der Waals surface area contributed by atoms with E-state index in [0.29, 0.717) is 30.0 Å². The quantitative estimate of drug-likeness (QED) is 0.630. The van der Waals surface area contributed by atoms with Gasteiger partial charge in [-0.15, -0.1) is 10.2 Å². The second-order valence-corrected chi connectivity index (χ2v) is 9.00. The minimum absolute atomic E-state index is 0.190. The molecule has 0 N–H and O–H groups in total. The molecule has 6 nitrogen and oxygen atoms in total. The monoisotopic (exact) mass is 419 g/mol. The molecule has 0 spiro atoms. The Hall–Kier alpha value is -2.65. The molecular formula is C20H19F2N3O3S. The highest BCUT2D eigenvalue weighted by atomic mass is 32.2. The molecule has 1 aliphatic heterocycles. The fraction of sp³-hybridized carbons (Fsp3) is 0.300. The van der Waals surface area contributed by atoms with Gasteiger partial charge < -0.3 is 4.42 Å². The summed E-state index contributed by atoms with van der Waals surface area (Å²) in [6.45, 7) is 0.660. The molecule has 0 bridgehead atoms. The summed E-state index contributed by atoms with van der Waals surface area (Å²) < 4.78 is 58.9. The Labute approximate surface area is 167 Å². The van der Waals surface area contributed by atoms with Crippen LogP contribution < -0.4 is 0 Å². The molecule has 3 aromatic rings. The molecule has 0 amide bonds. The zero-order valence-corrected chi connectivity index (χ0v) is 16.3. The summed E-state index contributed by atoms with van der Waals surface area (Å²) in [4.78, 5) is 0. The van der Waals surface area contributed by atoms with E-state index in [-0.39, 0.29) is 29.9 Å². The van der Waals surface area contributed by atoms with Crippen molar-refractivity contribution in [2.45, 2.75) is 24.5 Å². The maximum Gasteiger partial charge on any atom is 0.247 e. The van der Waals surface area contributed by atoms with Gasteiger partial charge in [0, 0.05) is 18.7 Å². The second-order valence-electron chi connectivity index (χ2n) is 7.03. The summed E-state index contributed by atoms with van der Waals surface area (Å²) in [7, 11) is -3.56. The van der Waals surface area contributed by atoms with Gasteiger partial charge >= 0.3 is 0 Å². The van der Waals surface area contributed by atoms with Gasteiger partial charge in [-0.1, -0.05) is 12.1 Å². The predicted octanol–water partition coefficient (Wildman–Crippen LogP) is 3.72. The normalized spacial score (nSPS) is 18.1. The van der Waals surface area contributed by atoms with Crippen LogP contribution in [0.15, 0.2) is 52.9 Å². The third-order valence-electron chi connectivity index (χ3n) is 4.92. The van der Waals surface area contributed by atoms with E-state index < -0.39 is 15.8 Å². The predicted molar refractivity (Wildman–Crippen MR) is 102 cm³/mol. The van der Waals surface area contributed by atoms with Crippen molar-refractivity contribution in [3.8, 4) is 11.5 Å².